The van der Waals surface area contributed by atoms with Crippen LogP contribution in [0.4, 0.5) is 0 Å². The van der Waals surface area contributed by atoms with Crippen molar-refractivity contribution in [2.45, 2.75) is 13.2 Å². The molecule has 0 aromatic heterocycles. The van der Waals surface area contributed by atoms with Crippen molar-refractivity contribution in [2.24, 2.45) is 0 Å². The summed E-state index contributed by atoms with van der Waals surface area (Å²) >= 11 is 0. The third kappa shape index (κ3) is 2.62. The Morgan fingerprint density at radius 1 is 1.33 bits per heavy atom. The molecule has 0 saturated heterocycles. The summed E-state index contributed by atoms with van der Waals surface area (Å²) in [5.41, 5.74) is 0. The first-order valence-corrected chi connectivity index (χ1v) is 3.63. The summed E-state index contributed by atoms with van der Waals surface area (Å²) in [7, 11) is 0. The molecule has 1 unspecified atom stereocenters. The highest BCUT2D eigenvalue weighted by molar-refractivity contribution is 5.37. The number of hydrogen-bond acceptors (Lipinski definition) is 3. The molecule has 1 aromatic carbocycles. The van der Waals surface area contributed by atoms with Crippen LogP contribution in [0.1, 0.15) is 6.92 Å². The minimum absolute atomic E-state index is 0.369. The van der Waals surface area contributed by atoms with Gasteiger partial charge in [-0.3, -0.25) is 4.79 Å². The van der Waals surface area contributed by atoms with E-state index in [0.29, 0.717) is 12.2 Å². The third-order valence-electron chi connectivity index (χ3n) is 1.29. The van der Waals surface area contributed by atoms with Crippen LogP contribution in [0.5, 0.6) is 5.75 Å². The number of benzene rings is 1. The molecule has 0 spiro atoms. The summed E-state index contributed by atoms with van der Waals surface area (Å²) in [6.07, 6.45) is -0.537. The van der Waals surface area contributed by atoms with Gasteiger partial charge in [-0.15, -0.1) is 0 Å². The molecule has 3 heteroatoms. The first-order chi connectivity index (χ1) is 5.83. The van der Waals surface area contributed by atoms with Crippen molar-refractivity contribution >= 4 is 6.47 Å². The van der Waals surface area contributed by atoms with Gasteiger partial charge in [0.05, 0.1) is 0 Å². The lowest BCUT2D eigenvalue weighted by Gasteiger charge is -2.11. The van der Waals surface area contributed by atoms with Crippen molar-refractivity contribution in [3.63, 3.8) is 0 Å². The van der Waals surface area contributed by atoms with Gasteiger partial charge in [0, 0.05) is 6.92 Å². The minimum Gasteiger partial charge on any atom is -0.455 e. The summed E-state index contributed by atoms with van der Waals surface area (Å²) in [6.45, 7) is 2.02. The molecule has 1 aromatic rings. The smallest absolute Gasteiger partial charge is 0.296 e. The van der Waals surface area contributed by atoms with Crippen LogP contribution in [0.25, 0.3) is 0 Å². The first-order valence-electron chi connectivity index (χ1n) is 3.63. The predicted molar refractivity (Wildman–Crippen MR) is 43.7 cm³/mol. The first kappa shape index (κ1) is 8.59. The Bertz CT molecular complexity index is 233. The topological polar surface area (TPSA) is 35.5 Å². The highest BCUT2D eigenvalue weighted by atomic mass is 16.7. The molecule has 1 rings (SSSR count). The summed E-state index contributed by atoms with van der Waals surface area (Å²) in [5, 5.41) is 0. The average Bonchev–Trinajstić information content (AvgIpc) is 2.06. The molecular weight excluding hydrogens is 156 g/mol. The second kappa shape index (κ2) is 4.38. The molecule has 0 amide bonds. The van der Waals surface area contributed by atoms with Crippen LogP contribution in [-0.4, -0.2) is 12.8 Å². The maximum Gasteiger partial charge on any atom is 0.296 e. The van der Waals surface area contributed by atoms with E-state index in [9.17, 15) is 4.79 Å². The number of rotatable bonds is 4. The Morgan fingerprint density at radius 3 is 2.58 bits per heavy atom. The molecule has 12 heavy (non-hydrogen) atoms. The Kier molecular flexibility index (Phi) is 3.14. The zero-order chi connectivity index (χ0) is 8.81. The van der Waals surface area contributed by atoms with Crippen LogP contribution in [0.2, 0.25) is 0 Å². The number of ether oxygens (including phenoxy) is 2. The van der Waals surface area contributed by atoms with Gasteiger partial charge in [0.25, 0.3) is 6.47 Å². The molecule has 0 aliphatic carbocycles. The van der Waals surface area contributed by atoms with Crippen molar-refractivity contribution in [1.82, 2.24) is 0 Å². The number of carbonyl (C=O) groups is 1. The summed E-state index contributed by atoms with van der Waals surface area (Å²) in [6, 6.07) is 9.18. The Hall–Kier alpha value is -1.51. The van der Waals surface area contributed by atoms with Crippen molar-refractivity contribution in [3.8, 4) is 5.75 Å². The molecule has 0 N–H and O–H groups in total. The fourth-order valence-electron chi connectivity index (χ4n) is 0.797. The van der Waals surface area contributed by atoms with Crippen molar-refractivity contribution in [1.29, 1.82) is 0 Å². The van der Waals surface area contributed by atoms with Crippen molar-refractivity contribution < 1.29 is 14.3 Å². The fourth-order valence-corrected chi connectivity index (χ4v) is 0.797. The lowest BCUT2D eigenvalue weighted by molar-refractivity contribution is -0.145. The van der Waals surface area contributed by atoms with E-state index in [1.54, 1.807) is 19.1 Å². The van der Waals surface area contributed by atoms with Gasteiger partial charge in [-0.25, -0.2) is 0 Å². The minimum atomic E-state index is -0.537. The predicted octanol–water partition coefficient (Wildman–Crippen LogP) is 1.58. The summed E-state index contributed by atoms with van der Waals surface area (Å²) in [5.74, 6) is 0.687. The maximum atomic E-state index is 9.90. The van der Waals surface area contributed by atoms with Crippen LogP contribution in [-0.2, 0) is 9.53 Å². The molecule has 0 bridgehead atoms. The van der Waals surface area contributed by atoms with E-state index in [4.69, 9.17) is 4.74 Å². The zero-order valence-electron chi connectivity index (χ0n) is 6.77. The molecule has 0 fully saturated rings. The Labute approximate surface area is 70.9 Å². The van der Waals surface area contributed by atoms with Crippen LogP contribution in [0, 0.1) is 0 Å². The molecule has 0 saturated carbocycles. The Balaban J connectivity index is 2.46. The van der Waals surface area contributed by atoms with Gasteiger partial charge in [-0.2, -0.15) is 0 Å². The normalized spacial score (nSPS) is 11.8. The van der Waals surface area contributed by atoms with E-state index in [1.165, 1.54) is 0 Å². The molecule has 1 atom stereocenters. The third-order valence-corrected chi connectivity index (χ3v) is 1.29. The van der Waals surface area contributed by atoms with E-state index in [0.717, 1.165) is 0 Å². The second-order valence-electron chi connectivity index (χ2n) is 2.23. The van der Waals surface area contributed by atoms with Crippen LogP contribution < -0.4 is 4.74 Å². The molecule has 0 aliphatic rings. The molecule has 0 aliphatic heterocycles. The molecule has 0 heterocycles. The van der Waals surface area contributed by atoms with Crippen molar-refractivity contribution in [2.75, 3.05) is 0 Å². The van der Waals surface area contributed by atoms with E-state index < -0.39 is 6.29 Å². The van der Waals surface area contributed by atoms with Gasteiger partial charge in [0.15, 0.2) is 0 Å². The van der Waals surface area contributed by atoms with E-state index in [2.05, 4.69) is 4.74 Å². The van der Waals surface area contributed by atoms with E-state index >= 15 is 0 Å². The largest absolute Gasteiger partial charge is 0.455 e. The lowest BCUT2D eigenvalue weighted by Crippen LogP contribution is -2.14. The van der Waals surface area contributed by atoms with Crippen LogP contribution in [0.3, 0.4) is 0 Å². The fraction of sp³-hybridized carbons (Fsp3) is 0.222. The van der Waals surface area contributed by atoms with Gasteiger partial charge in [-0.1, -0.05) is 18.2 Å². The standard InChI is InChI=1S/C9H10O3/c1-8(11-7-10)12-9-5-3-2-4-6-9/h2-8H,1H3. The summed E-state index contributed by atoms with van der Waals surface area (Å²) < 4.78 is 9.74. The van der Waals surface area contributed by atoms with Gasteiger partial charge in [0.1, 0.15) is 5.75 Å². The molecule has 64 valence electrons. The quantitative estimate of drug-likeness (QED) is 0.503. The highest BCUT2D eigenvalue weighted by Crippen LogP contribution is 2.10. The maximum absolute atomic E-state index is 9.90. The van der Waals surface area contributed by atoms with Gasteiger partial charge >= 0.3 is 0 Å². The summed E-state index contributed by atoms with van der Waals surface area (Å²) in [4.78, 5) is 9.90. The van der Waals surface area contributed by atoms with Gasteiger partial charge in [0.2, 0.25) is 6.29 Å². The van der Waals surface area contributed by atoms with E-state index in [1.807, 2.05) is 18.2 Å². The second-order valence-corrected chi connectivity index (χ2v) is 2.23. The molecule has 0 radical (unpaired) electrons. The lowest BCUT2D eigenvalue weighted by atomic mass is 10.3. The SMILES string of the molecule is CC(OC=O)Oc1ccccc1. The monoisotopic (exact) mass is 166 g/mol. The number of hydrogen-bond donors (Lipinski definition) is 0. The van der Waals surface area contributed by atoms with E-state index in [-0.39, 0.29) is 0 Å². The van der Waals surface area contributed by atoms with Crippen LogP contribution in [0.15, 0.2) is 30.3 Å². The zero-order valence-corrected chi connectivity index (χ0v) is 6.77. The van der Waals surface area contributed by atoms with Gasteiger partial charge < -0.3 is 9.47 Å². The van der Waals surface area contributed by atoms with Crippen molar-refractivity contribution in [3.05, 3.63) is 30.3 Å². The number of para-hydroxylation sites is 1. The number of carbonyl (C=O) groups excluding carboxylic acids is 1. The Morgan fingerprint density at radius 2 is 2.00 bits per heavy atom. The highest BCUT2D eigenvalue weighted by Gasteiger charge is 2.00. The molecular formula is C9H10O3. The van der Waals surface area contributed by atoms with Crippen LogP contribution >= 0.6 is 0 Å². The molecule has 3 nitrogen and oxygen atoms in total. The average molecular weight is 166 g/mol. The van der Waals surface area contributed by atoms with Gasteiger partial charge in [-0.05, 0) is 12.1 Å².